The van der Waals surface area contributed by atoms with E-state index in [-0.39, 0.29) is 0 Å². The molecule has 1 rings (SSSR count). The normalized spacial score (nSPS) is 18.9. The molecule has 2 nitrogen and oxygen atoms in total. The van der Waals surface area contributed by atoms with E-state index in [4.69, 9.17) is 0 Å². The van der Waals surface area contributed by atoms with E-state index in [0.29, 0.717) is 0 Å². The summed E-state index contributed by atoms with van der Waals surface area (Å²) < 4.78 is 0. The Bertz CT molecular complexity index is 219. The Morgan fingerprint density at radius 1 is 0.895 bits per heavy atom. The molecule has 0 aliphatic heterocycles. The van der Waals surface area contributed by atoms with Crippen LogP contribution in [-0.2, 0) is 0 Å². The van der Waals surface area contributed by atoms with Crippen LogP contribution in [0.3, 0.4) is 0 Å². The van der Waals surface area contributed by atoms with E-state index in [2.05, 4.69) is 44.8 Å². The molecule has 114 valence electrons. The molecule has 2 heteroatoms. The third-order valence-corrected chi connectivity index (χ3v) is 4.03. The van der Waals surface area contributed by atoms with Gasteiger partial charge in [-0.25, -0.2) is 0 Å². The van der Waals surface area contributed by atoms with E-state index in [0.717, 1.165) is 30.3 Å². The topological polar surface area (TPSA) is 15.3 Å². The molecule has 0 bridgehead atoms. The molecule has 0 amide bonds. The molecule has 0 aromatic carbocycles. The highest BCUT2D eigenvalue weighted by Gasteiger charge is 2.24. The summed E-state index contributed by atoms with van der Waals surface area (Å²) in [4.78, 5) is 2.78. The van der Waals surface area contributed by atoms with Crippen LogP contribution < -0.4 is 5.32 Å². The predicted octanol–water partition coefficient (Wildman–Crippen LogP) is 3.77. The van der Waals surface area contributed by atoms with Crippen molar-refractivity contribution in [2.75, 3.05) is 26.2 Å². The quantitative estimate of drug-likeness (QED) is 0.685. The van der Waals surface area contributed by atoms with Gasteiger partial charge in [0.05, 0.1) is 0 Å². The minimum atomic E-state index is 0.758. The molecule has 1 unspecified atom stereocenters. The standard InChI is InChI=1S/C17H36N2/c1-14(2)10-18-11-16(5)13-19(12-15(3)4)17-8-6-7-9-17/h14-18H,6-13H2,1-5H3. The first kappa shape index (κ1) is 17.0. The van der Waals surface area contributed by atoms with Gasteiger partial charge in [0, 0.05) is 19.1 Å². The summed E-state index contributed by atoms with van der Waals surface area (Å²) in [5.74, 6) is 2.31. The van der Waals surface area contributed by atoms with Crippen molar-refractivity contribution in [2.24, 2.45) is 17.8 Å². The van der Waals surface area contributed by atoms with Gasteiger partial charge in [-0.05, 0) is 43.7 Å². The number of hydrogen-bond acceptors (Lipinski definition) is 2. The summed E-state index contributed by atoms with van der Waals surface area (Å²) >= 11 is 0. The molecule has 1 aliphatic rings. The summed E-state index contributed by atoms with van der Waals surface area (Å²) in [6.07, 6.45) is 5.75. The van der Waals surface area contributed by atoms with Gasteiger partial charge in [0.2, 0.25) is 0 Å². The minimum absolute atomic E-state index is 0.758. The summed E-state index contributed by atoms with van der Waals surface area (Å²) in [5, 5.41) is 3.61. The van der Waals surface area contributed by atoms with Gasteiger partial charge in [0.1, 0.15) is 0 Å². The first-order valence-electron chi connectivity index (χ1n) is 8.43. The van der Waals surface area contributed by atoms with Crippen molar-refractivity contribution in [3.8, 4) is 0 Å². The fourth-order valence-corrected chi connectivity index (χ4v) is 3.19. The average Bonchev–Trinajstić information content (AvgIpc) is 2.80. The fraction of sp³-hybridized carbons (Fsp3) is 1.00. The Labute approximate surface area is 121 Å². The largest absolute Gasteiger partial charge is 0.316 e. The molecule has 0 heterocycles. The molecule has 0 spiro atoms. The molecule has 19 heavy (non-hydrogen) atoms. The first-order chi connectivity index (χ1) is 8.99. The molecular weight excluding hydrogens is 232 g/mol. The van der Waals surface area contributed by atoms with Gasteiger partial charge in [-0.2, -0.15) is 0 Å². The zero-order valence-corrected chi connectivity index (χ0v) is 13.9. The second kappa shape index (κ2) is 8.97. The lowest BCUT2D eigenvalue weighted by Gasteiger charge is -2.33. The van der Waals surface area contributed by atoms with Crippen molar-refractivity contribution in [3.63, 3.8) is 0 Å². The van der Waals surface area contributed by atoms with Crippen LogP contribution in [0, 0.1) is 17.8 Å². The van der Waals surface area contributed by atoms with Crippen molar-refractivity contribution in [1.29, 1.82) is 0 Å². The van der Waals surface area contributed by atoms with Gasteiger partial charge in [0.15, 0.2) is 0 Å². The summed E-state index contributed by atoms with van der Waals surface area (Å²) in [6.45, 7) is 16.5. The second-order valence-electron chi connectivity index (χ2n) is 7.44. The molecule has 1 N–H and O–H groups in total. The van der Waals surface area contributed by atoms with E-state index < -0.39 is 0 Å². The van der Waals surface area contributed by atoms with Gasteiger partial charge in [-0.1, -0.05) is 47.5 Å². The third-order valence-electron chi connectivity index (χ3n) is 4.03. The molecule has 0 saturated heterocycles. The SMILES string of the molecule is CC(C)CNCC(C)CN(CC(C)C)C1CCCC1. The van der Waals surface area contributed by atoms with Crippen LogP contribution in [0.1, 0.15) is 60.3 Å². The van der Waals surface area contributed by atoms with Gasteiger partial charge in [0.25, 0.3) is 0 Å². The van der Waals surface area contributed by atoms with Crippen molar-refractivity contribution >= 4 is 0 Å². The van der Waals surface area contributed by atoms with Crippen LogP contribution in [-0.4, -0.2) is 37.1 Å². The van der Waals surface area contributed by atoms with Crippen LogP contribution in [0.2, 0.25) is 0 Å². The summed E-state index contributed by atoms with van der Waals surface area (Å²) in [6, 6.07) is 0.870. The monoisotopic (exact) mass is 268 g/mol. The van der Waals surface area contributed by atoms with E-state index in [9.17, 15) is 0 Å². The number of nitrogens with zero attached hydrogens (tertiary/aromatic N) is 1. The number of hydrogen-bond donors (Lipinski definition) is 1. The molecule has 1 aliphatic carbocycles. The summed E-state index contributed by atoms with van der Waals surface area (Å²) in [7, 11) is 0. The van der Waals surface area contributed by atoms with Crippen molar-refractivity contribution < 1.29 is 0 Å². The molecule has 0 aromatic rings. The zero-order chi connectivity index (χ0) is 14.3. The fourth-order valence-electron chi connectivity index (χ4n) is 3.19. The van der Waals surface area contributed by atoms with Crippen molar-refractivity contribution in [1.82, 2.24) is 10.2 Å². The zero-order valence-electron chi connectivity index (χ0n) is 13.9. The van der Waals surface area contributed by atoms with Crippen molar-refractivity contribution in [2.45, 2.75) is 66.3 Å². The van der Waals surface area contributed by atoms with Gasteiger partial charge >= 0.3 is 0 Å². The summed E-state index contributed by atoms with van der Waals surface area (Å²) in [5.41, 5.74) is 0. The van der Waals surface area contributed by atoms with E-state index in [1.54, 1.807) is 0 Å². The second-order valence-corrected chi connectivity index (χ2v) is 7.44. The highest BCUT2D eigenvalue weighted by Crippen LogP contribution is 2.24. The average molecular weight is 268 g/mol. The Morgan fingerprint density at radius 2 is 1.53 bits per heavy atom. The third kappa shape index (κ3) is 7.31. The van der Waals surface area contributed by atoms with Crippen LogP contribution in [0.25, 0.3) is 0 Å². The molecule has 1 saturated carbocycles. The van der Waals surface area contributed by atoms with Gasteiger partial charge in [-0.15, -0.1) is 0 Å². The Morgan fingerprint density at radius 3 is 2.05 bits per heavy atom. The Kier molecular flexibility index (Phi) is 8.01. The molecule has 1 fully saturated rings. The predicted molar refractivity (Wildman–Crippen MR) is 85.5 cm³/mol. The highest BCUT2D eigenvalue weighted by molar-refractivity contribution is 4.79. The molecule has 1 atom stereocenters. The smallest absolute Gasteiger partial charge is 0.00954 e. The maximum absolute atomic E-state index is 3.61. The van der Waals surface area contributed by atoms with E-state index in [1.807, 2.05) is 0 Å². The van der Waals surface area contributed by atoms with Crippen LogP contribution in [0.4, 0.5) is 0 Å². The number of nitrogens with one attached hydrogen (secondary N) is 1. The lowest BCUT2D eigenvalue weighted by atomic mass is 10.1. The van der Waals surface area contributed by atoms with Gasteiger partial charge < -0.3 is 5.32 Å². The van der Waals surface area contributed by atoms with Crippen LogP contribution in [0.15, 0.2) is 0 Å². The maximum Gasteiger partial charge on any atom is 0.00954 e. The number of rotatable bonds is 9. The van der Waals surface area contributed by atoms with Crippen molar-refractivity contribution in [3.05, 3.63) is 0 Å². The molecular formula is C17H36N2. The Hall–Kier alpha value is -0.0800. The van der Waals surface area contributed by atoms with E-state index >= 15 is 0 Å². The Balaban J connectivity index is 2.33. The van der Waals surface area contributed by atoms with Crippen LogP contribution in [0.5, 0.6) is 0 Å². The molecule has 0 radical (unpaired) electrons. The highest BCUT2D eigenvalue weighted by atomic mass is 15.2. The molecule has 0 aromatic heterocycles. The first-order valence-corrected chi connectivity index (χ1v) is 8.43. The van der Waals surface area contributed by atoms with E-state index in [1.165, 1.54) is 45.3 Å². The lowest BCUT2D eigenvalue weighted by molar-refractivity contribution is 0.153. The van der Waals surface area contributed by atoms with Crippen LogP contribution >= 0.6 is 0 Å². The lowest BCUT2D eigenvalue weighted by Crippen LogP contribution is -2.41. The van der Waals surface area contributed by atoms with Gasteiger partial charge in [-0.3, -0.25) is 4.90 Å². The maximum atomic E-state index is 3.61. The minimum Gasteiger partial charge on any atom is -0.316 e.